The zero-order valence-electron chi connectivity index (χ0n) is 13.1. The Labute approximate surface area is 123 Å². The molecule has 2 nitrogen and oxygen atoms in total. The van der Waals surface area contributed by atoms with Gasteiger partial charge in [0.25, 0.3) is 0 Å². The zero-order valence-corrected chi connectivity index (χ0v) is 13.1. The number of fused-ring (bicyclic) bond motifs is 1. The van der Waals surface area contributed by atoms with Crippen molar-refractivity contribution in [1.82, 2.24) is 9.80 Å². The van der Waals surface area contributed by atoms with E-state index in [0.29, 0.717) is 6.04 Å². The van der Waals surface area contributed by atoms with Crippen LogP contribution in [0.15, 0.2) is 18.2 Å². The van der Waals surface area contributed by atoms with Crippen LogP contribution >= 0.6 is 0 Å². The summed E-state index contributed by atoms with van der Waals surface area (Å²) >= 11 is 0. The van der Waals surface area contributed by atoms with Crippen molar-refractivity contribution < 1.29 is 0 Å². The fourth-order valence-electron chi connectivity index (χ4n) is 3.84. The average Bonchev–Trinajstić information content (AvgIpc) is 2.49. The van der Waals surface area contributed by atoms with Crippen LogP contribution < -0.4 is 0 Å². The zero-order chi connectivity index (χ0) is 13.9. The van der Waals surface area contributed by atoms with Crippen LogP contribution in [0, 0.1) is 0 Å². The number of likely N-dealkylation sites (N-methyl/N-ethyl adjacent to an activating group) is 1. The molecule has 2 aliphatic rings. The molecule has 0 N–H and O–H groups in total. The van der Waals surface area contributed by atoms with Gasteiger partial charge in [0.1, 0.15) is 0 Å². The number of rotatable bonds is 3. The van der Waals surface area contributed by atoms with E-state index in [1.807, 2.05) is 0 Å². The lowest BCUT2D eigenvalue weighted by atomic mass is 9.91. The molecule has 1 aromatic rings. The molecular weight excluding hydrogens is 244 g/mol. The maximum absolute atomic E-state index is 2.62. The van der Waals surface area contributed by atoms with Gasteiger partial charge in [0.15, 0.2) is 0 Å². The van der Waals surface area contributed by atoms with Crippen LogP contribution in [0.3, 0.4) is 0 Å². The largest absolute Gasteiger partial charge is 0.299 e. The summed E-state index contributed by atoms with van der Waals surface area (Å²) in [4.78, 5) is 5.20. The maximum Gasteiger partial charge on any atom is 0.0322 e. The number of likely N-dealkylation sites (tertiary alicyclic amines) is 1. The Morgan fingerprint density at radius 2 is 1.90 bits per heavy atom. The predicted octanol–water partition coefficient (Wildman–Crippen LogP) is 3.61. The second-order valence-electron chi connectivity index (χ2n) is 6.42. The van der Waals surface area contributed by atoms with Gasteiger partial charge in [-0.2, -0.15) is 0 Å². The Morgan fingerprint density at radius 3 is 2.65 bits per heavy atom. The van der Waals surface area contributed by atoms with E-state index in [1.54, 1.807) is 11.1 Å². The Balaban J connectivity index is 1.73. The molecule has 0 saturated carbocycles. The molecule has 0 aliphatic carbocycles. The van der Waals surface area contributed by atoms with Crippen LogP contribution in [0.4, 0.5) is 0 Å². The van der Waals surface area contributed by atoms with Gasteiger partial charge in [0.05, 0.1) is 0 Å². The first-order valence-electron chi connectivity index (χ1n) is 8.36. The second kappa shape index (κ2) is 6.28. The lowest BCUT2D eigenvalue weighted by Gasteiger charge is -2.35. The highest BCUT2D eigenvalue weighted by Crippen LogP contribution is 2.30. The van der Waals surface area contributed by atoms with Crippen molar-refractivity contribution in [3.8, 4) is 0 Å². The molecule has 1 aromatic carbocycles. The van der Waals surface area contributed by atoms with Gasteiger partial charge in [0.2, 0.25) is 0 Å². The lowest BCUT2D eigenvalue weighted by Crippen LogP contribution is -2.34. The predicted molar refractivity (Wildman–Crippen MR) is 84.9 cm³/mol. The topological polar surface area (TPSA) is 6.48 Å². The first-order valence-corrected chi connectivity index (χ1v) is 8.36. The first-order chi connectivity index (χ1) is 9.78. The minimum Gasteiger partial charge on any atom is -0.299 e. The molecule has 0 amide bonds. The van der Waals surface area contributed by atoms with E-state index in [1.165, 1.54) is 50.9 Å². The van der Waals surface area contributed by atoms with E-state index in [2.05, 4.69) is 41.8 Å². The third-order valence-electron chi connectivity index (χ3n) is 5.13. The van der Waals surface area contributed by atoms with Crippen LogP contribution in [0.5, 0.6) is 0 Å². The van der Waals surface area contributed by atoms with Crippen LogP contribution in [-0.4, -0.2) is 36.0 Å². The molecule has 110 valence electrons. The summed E-state index contributed by atoms with van der Waals surface area (Å²) in [6.07, 6.45) is 5.41. The van der Waals surface area contributed by atoms with E-state index >= 15 is 0 Å². The summed E-state index contributed by atoms with van der Waals surface area (Å²) in [5, 5.41) is 0. The standard InChI is InChI=1S/C18H28N2/c1-3-20-12-9-17-13-16(7-8-18(17)15(20)2)14-19-10-5-4-6-11-19/h7-8,13,15H,3-6,9-12,14H2,1-2H3. The molecule has 0 bridgehead atoms. The Bertz CT molecular complexity index is 449. The molecule has 1 saturated heterocycles. The van der Waals surface area contributed by atoms with Crippen molar-refractivity contribution in [2.75, 3.05) is 26.2 Å². The molecule has 0 spiro atoms. The highest BCUT2D eigenvalue weighted by molar-refractivity contribution is 5.36. The maximum atomic E-state index is 2.62. The monoisotopic (exact) mass is 272 g/mol. The van der Waals surface area contributed by atoms with Crippen molar-refractivity contribution in [2.45, 2.75) is 52.1 Å². The Kier molecular flexibility index (Phi) is 4.42. The normalized spacial score (nSPS) is 24.6. The van der Waals surface area contributed by atoms with Gasteiger partial charge in [-0.15, -0.1) is 0 Å². The highest BCUT2D eigenvalue weighted by atomic mass is 15.1. The van der Waals surface area contributed by atoms with Gasteiger partial charge < -0.3 is 0 Å². The average molecular weight is 272 g/mol. The van der Waals surface area contributed by atoms with Crippen LogP contribution in [-0.2, 0) is 13.0 Å². The number of piperidine rings is 1. The summed E-state index contributed by atoms with van der Waals surface area (Å²) in [7, 11) is 0. The fraction of sp³-hybridized carbons (Fsp3) is 0.667. The van der Waals surface area contributed by atoms with Gasteiger partial charge in [-0.05, 0) is 62.5 Å². The van der Waals surface area contributed by atoms with Crippen molar-refractivity contribution >= 4 is 0 Å². The highest BCUT2D eigenvalue weighted by Gasteiger charge is 2.22. The van der Waals surface area contributed by atoms with Crippen LogP contribution in [0.25, 0.3) is 0 Å². The van der Waals surface area contributed by atoms with Crippen molar-refractivity contribution in [1.29, 1.82) is 0 Å². The van der Waals surface area contributed by atoms with Crippen molar-refractivity contribution in [3.05, 3.63) is 34.9 Å². The molecule has 1 fully saturated rings. The van der Waals surface area contributed by atoms with Gasteiger partial charge in [0, 0.05) is 19.1 Å². The van der Waals surface area contributed by atoms with E-state index in [4.69, 9.17) is 0 Å². The molecule has 2 heterocycles. The molecule has 0 aromatic heterocycles. The number of benzene rings is 1. The SMILES string of the molecule is CCN1CCc2cc(CN3CCCCC3)ccc2C1C. The molecule has 0 radical (unpaired) electrons. The minimum absolute atomic E-state index is 0.591. The Morgan fingerprint density at radius 1 is 1.10 bits per heavy atom. The summed E-state index contributed by atoms with van der Waals surface area (Å²) in [6, 6.07) is 7.82. The third-order valence-corrected chi connectivity index (χ3v) is 5.13. The van der Waals surface area contributed by atoms with Crippen LogP contribution in [0.1, 0.15) is 55.8 Å². The smallest absolute Gasteiger partial charge is 0.0322 e. The summed E-state index contributed by atoms with van der Waals surface area (Å²) < 4.78 is 0. The second-order valence-corrected chi connectivity index (χ2v) is 6.42. The third kappa shape index (κ3) is 2.91. The van der Waals surface area contributed by atoms with Gasteiger partial charge in [-0.1, -0.05) is 31.5 Å². The quantitative estimate of drug-likeness (QED) is 0.829. The minimum atomic E-state index is 0.591. The van der Waals surface area contributed by atoms with E-state index in [9.17, 15) is 0 Å². The van der Waals surface area contributed by atoms with E-state index < -0.39 is 0 Å². The van der Waals surface area contributed by atoms with E-state index in [-0.39, 0.29) is 0 Å². The molecule has 20 heavy (non-hydrogen) atoms. The molecule has 3 rings (SSSR count). The van der Waals surface area contributed by atoms with Crippen LogP contribution in [0.2, 0.25) is 0 Å². The molecule has 1 unspecified atom stereocenters. The Hall–Kier alpha value is -0.860. The summed E-state index contributed by atoms with van der Waals surface area (Å²) in [5.41, 5.74) is 4.67. The molecule has 2 heteroatoms. The number of nitrogens with zero attached hydrogens (tertiary/aromatic N) is 2. The molecule has 2 aliphatic heterocycles. The summed E-state index contributed by atoms with van der Waals surface area (Å²) in [5.74, 6) is 0. The van der Waals surface area contributed by atoms with E-state index in [0.717, 1.165) is 13.1 Å². The fourth-order valence-corrected chi connectivity index (χ4v) is 3.84. The lowest BCUT2D eigenvalue weighted by molar-refractivity contribution is 0.208. The number of hydrogen-bond acceptors (Lipinski definition) is 2. The molecular formula is C18H28N2. The summed E-state index contributed by atoms with van der Waals surface area (Å²) in [6.45, 7) is 10.7. The number of hydrogen-bond donors (Lipinski definition) is 0. The van der Waals surface area contributed by atoms with Gasteiger partial charge >= 0.3 is 0 Å². The van der Waals surface area contributed by atoms with Gasteiger partial charge in [-0.25, -0.2) is 0 Å². The van der Waals surface area contributed by atoms with Crippen molar-refractivity contribution in [2.24, 2.45) is 0 Å². The van der Waals surface area contributed by atoms with Gasteiger partial charge in [-0.3, -0.25) is 9.80 Å². The molecule has 1 atom stereocenters. The first kappa shape index (κ1) is 14.1. The van der Waals surface area contributed by atoms with Crippen molar-refractivity contribution in [3.63, 3.8) is 0 Å².